The average molecular weight is 816 g/mol. The van der Waals surface area contributed by atoms with Gasteiger partial charge in [0.15, 0.2) is 0 Å². The topological polar surface area (TPSA) is 38.7 Å². The Hall–Kier alpha value is -3.24. The minimum atomic E-state index is -1.37. The number of aryl methyl sites for hydroxylation is 2. The third-order valence-corrected chi connectivity index (χ3v) is 10.7. The molecule has 5 heteroatoms. The summed E-state index contributed by atoms with van der Waals surface area (Å²) in [6.45, 7) is 18.1. The van der Waals surface area contributed by atoms with E-state index in [1.807, 2.05) is 32.0 Å². The third kappa shape index (κ3) is 9.89. The van der Waals surface area contributed by atoms with Crippen LogP contribution >= 0.6 is 0 Å². The van der Waals surface area contributed by atoms with Gasteiger partial charge in [-0.25, -0.2) is 0 Å². The van der Waals surface area contributed by atoms with E-state index < -0.39 is 8.07 Å². The van der Waals surface area contributed by atoms with Gasteiger partial charge in [-0.1, -0.05) is 101 Å². The summed E-state index contributed by atoms with van der Waals surface area (Å²) < 4.78 is 0. The molecule has 47 heavy (non-hydrogen) atoms. The first kappa shape index (κ1) is 36.6. The molecule has 0 bridgehead atoms. The minimum absolute atomic E-state index is 0. The molecule has 1 aliphatic carbocycles. The van der Waals surface area contributed by atoms with Crippen LogP contribution in [0.1, 0.15) is 74.9 Å². The Bertz CT molecular complexity index is 1730. The Morgan fingerprint density at radius 2 is 1.47 bits per heavy atom. The van der Waals surface area contributed by atoms with E-state index in [9.17, 15) is 0 Å². The zero-order chi connectivity index (χ0) is 32.9. The third-order valence-electron chi connectivity index (χ3n) is 8.61. The molecule has 0 unspecified atom stereocenters. The number of hydrogen-bond donors (Lipinski definition) is 0. The Labute approximate surface area is 298 Å². The zero-order valence-corrected chi connectivity index (χ0v) is 32.8. The van der Waals surface area contributed by atoms with Crippen LogP contribution in [-0.2, 0) is 26.5 Å². The molecular formula is C42H49IrN3Si-2. The van der Waals surface area contributed by atoms with Crippen LogP contribution in [0.2, 0.25) is 19.6 Å². The van der Waals surface area contributed by atoms with Crippen LogP contribution < -0.4 is 5.19 Å². The molecule has 2 aromatic carbocycles. The Kier molecular flexibility index (Phi) is 12.3. The summed E-state index contributed by atoms with van der Waals surface area (Å²) in [6.07, 6.45) is 10.5. The maximum atomic E-state index is 4.80. The number of nitrogens with zero attached hydrogens (tertiary/aromatic N) is 3. The first-order valence-electron chi connectivity index (χ1n) is 16.8. The van der Waals surface area contributed by atoms with Gasteiger partial charge in [-0.05, 0) is 89.1 Å². The minimum Gasteiger partial charge on any atom is -0.320 e. The summed E-state index contributed by atoms with van der Waals surface area (Å²) in [5.74, 6) is 0.640. The summed E-state index contributed by atoms with van der Waals surface area (Å²) in [5.41, 5.74) is 11.8. The molecule has 0 aliphatic heterocycles. The van der Waals surface area contributed by atoms with Crippen molar-refractivity contribution in [1.29, 1.82) is 0 Å². The largest absolute Gasteiger partial charge is 0.320 e. The summed E-state index contributed by atoms with van der Waals surface area (Å²) in [4.78, 5) is 14.0. The van der Waals surface area contributed by atoms with E-state index in [2.05, 4.69) is 125 Å². The zero-order valence-electron chi connectivity index (χ0n) is 29.4. The molecule has 3 aromatic heterocycles. The van der Waals surface area contributed by atoms with Gasteiger partial charge in [0.2, 0.25) is 0 Å². The molecule has 1 saturated carbocycles. The quantitative estimate of drug-likeness (QED) is 0.127. The van der Waals surface area contributed by atoms with Gasteiger partial charge in [-0.2, -0.15) is 11.6 Å². The first-order valence-corrected chi connectivity index (χ1v) is 20.3. The van der Waals surface area contributed by atoms with Gasteiger partial charge >= 0.3 is 0 Å². The molecule has 1 radical (unpaired) electrons. The predicted octanol–water partition coefficient (Wildman–Crippen LogP) is 10.6. The molecule has 0 N–H and O–H groups in total. The van der Waals surface area contributed by atoms with Gasteiger partial charge in [0.05, 0.1) is 8.07 Å². The number of benzene rings is 2. The smallest absolute Gasteiger partial charge is 0.0798 e. The molecule has 5 aromatic rings. The van der Waals surface area contributed by atoms with Crippen LogP contribution in [-0.4, -0.2) is 23.0 Å². The molecule has 6 rings (SSSR count). The van der Waals surface area contributed by atoms with Crippen molar-refractivity contribution in [3.63, 3.8) is 0 Å². The number of aromatic nitrogens is 3. The van der Waals surface area contributed by atoms with Crippen LogP contribution in [0.5, 0.6) is 0 Å². The summed E-state index contributed by atoms with van der Waals surface area (Å²) in [7, 11) is -1.37. The number of pyridine rings is 3. The first-order chi connectivity index (χ1) is 21.9. The van der Waals surface area contributed by atoms with E-state index in [1.54, 1.807) is 0 Å². The Morgan fingerprint density at radius 3 is 2.09 bits per heavy atom. The molecule has 3 heterocycles. The van der Waals surface area contributed by atoms with Crippen molar-refractivity contribution < 1.29 is 20.1 Å². The van der Waals surface area contributed by atoms with Crippen molar-refractivity contribution in [2.45, 2.75) is 92.3 Å². The SMILES string of the molecule is CC(C)(C)Cc1cc(-c2[c-]cccc2)ncc1[Si](C)(C)C.Cc1[c-]c(-c2cc(-c3ccccc3)c(C3CCCC3)cn2)cc(C)n1.[Ir]. The molecule has 1 aliphatic rings. The number of hydrogen-bond acceptors (Lipinski definition) is 3. The van der Waals surface area contributed by atoms with E-state index in [0.717, 1.165) is 40.3 Å². The van der Waals surface area contributed by atoms with Gasteiger partial charge in [0, 0.05) is 32.5 Å². The van der Waals surface area contributed by atoms with Crippen LogP contribution in [0.4, 0.5) is 0 Å². The van der Waals surface area contributed by atoms with Crippen LogP contribution in [0.25, 0.3) is 33.6 Å². The predicted molar refractivity (Wildman–Crippen MR) is 197 cm³/mol. The molecule has 0 atom stereocenters. The van der Waals surface area contributed by atoms with Gasteiger partial charge in [0.1, 0.15) is 0 Å². The van der Waals surface area contributed by atoms with Crippen LogP contribution in [0.15, 0.2) is 85.2 Å². The number of rotatable bonds is 6. The molecule has 0 saturated heterocycles. The Balaban J connectivity index is 0.000000212. The van der Waals surface area contributed by atoms with Crippen molar-refractivity contribution in [2.24, 2.45) is 5.41 Å². The second-order valence-electron chi connectivity index (χ2n) is 15.0. The summed E-state index contributed by atoms with van der Waals surface area (Å²) in [6, 6.07) is 32.0. The van der Waals surface area contributed by atoms with Crippen molar-refractivity contribution in [3.05, 3.63) is 120 Å². The fourth-order valence-electron chi connectivity index (χ4n) is 6.54. The second-order valence-corrected chi connectivity index (χ2v) is 20.1. The maximum Gasteiger partial charge on any atom is 0.0798 e. The van der Waals surface area contributed by atoms with E-state index >= 15 is 0 Å². The van der Waals surface area contributed by atoms with E-state index in [0.29, 0.717) is 5.92 Å². The molecule has 3 nitrogen and oxygen atoms in total. The van der Waals surface area contributed by atoms with Gasteiger partial charge in [0.25, 0.3) is 0 Å². The molecule has 0 amide bonds. The van der Waals surface area contributed by atoms with Gasteiger partial charge in [-0.15, -0.1) is 42.0 Å². The van der Waals surface area contributed by atoms with Gasteiger partial charge < -0.3 is 9.97 Å². The maximum absolute atomic E-state index is 4.80. The summed E-state index contributed by atoms with van der Waals surface area (Å²) >= 11 is 0. The van der Waals surface area contributed by atoms with Crippen molar-refractivity contribution >= 4 is 13.3 Å². The van der Waals surface area contributed by atoms with Gasteiger partial charge in [-0.3, -0.25) is 4.98 Å². The normalized spacial score (nSPS) is 13.4. The van der Waals surface area contributed by atoms with Crippen molar-refractivity contribution in [1.82, 2.24) is 15.0 Å². The Morgan fingerprint density at radius 1 is 0.809 bits per heavy atom. The van der Waals surface area contributed by atoms with Crippen LogP contribution in [0.3, 0.4) is 0 Å². The molecule has 1 fully saturated rings. The van der Waals surface area contributed by atoms with Crippen molar-refractivity contribution in [3.8, 4) is 33.6 Å². The summed E-state index contributed by atoms with van der Waals surface area (Å²) in [5, 5.41) is 1.48. The average Bonchev–Trinajstić information content (AvgIpc) is 3.55. The van der Waals surface area contributed by atoms with E-state index in [-0.39, 0.29) is 25.5 Å². The molecular weight excluding hydrogens is 767 g/mol. The van der Waals surface area contributed by atoms with E-state index in [1.165, 1.54) is 53.1 Å². The standard InChI is InChI=1S/C23H23N2.C19H26NSi.Ir/c1-16-12-20(13-17(2)25-16)23-14-21(18-8-4-3-5-9-18)22(15-24-23)19-10-6-7-11-19;1-19(2,3)13-16-12-17(15-10-8-7-9-11-15)20-14-18(16)21(4,5)6;/h3-5,8-9,12,14-15,19H,6-7,10-11H2,1-2H3;7-10,12,14H,13H2,1-6H3;/q2*-1;. The van der Waals surface area contributed by atoms with Crippen molar-refractivity contribution in [2.75, 3.05) is 0 Å². The fraction of sp³-hybridized carbons (Fsp3) is 0.357. The fourth-order valence-corrected chi connectivity index (χ4v) is 8.11. The monoisotopic (exact) mass is 816 g/mol. The van der Waals surface area contributed by atoms with Crippen LogP contribution in [0, 0.1) is 31.4 Å². The van der Waals surface area contributed by atoms with E-state index in [4.69, 9.17) is 9.97 Å². The molecule has 247 valence electrons. The molecule has 0 spiro atoms. The second kappa shape index (κ2) is 15.8.